The molecule has 1 aromatic carbocycles. The first-order valence-corrected chi connectivity index (χ1v) is 7.99. The molecule has 0 bridgehead atoms. The van der Waals surface area contributed by atoms with Gasteiger partial charge in [-0.3, -0.25) is 4.79 Å². The van der Waals surface area contributed by atoms with E-state index in [-0.39, 0.29) is 11.9 Å². The maximum Gasteiger partial charge on any atom is 0.237 e. The van der Waals surface area contributed by atoms with Crippen LogP contribution < -0.4 is 11.1 Å². The summed E-state index contributed by atoms with van der Waals surface area (Å²) < 4.78 is 0. The van der Waals surface area contributed by atoms with Crippen LogP contribution in [0.1, 0.15) is 58.2 Å². The lowest BCUT2D eigenvalue weighted by Gasteiger charge is -2.25. The normalized spacial score (nSPS) is 14.3. The van der Waals surface area contributed by atoms with E-state index < -0.39 is 6.04 Å². The van der Waals surface area contributed by atoms with E-state index in [0.717, 1.165) is 12.0 Å². The molecule has 1 unspecified atom stereocenters. The number of aryl methyl sites for hydroxylation is 1. The van der Waals surface area contributed by atoms with Gasteiger partial charge in [0.2, 0.25) is 5.91 Å². The Bertz CT molecular complexity index is 437. The van der Waals surface area contributed by atoms with Gasteiger partial charge in [-0.05, 0) is 35.8 Å². The van der Waals surface area contributed by atoms with Crippen molar-refractivity contribution in [3.63, 3.8) is 0 Å². The molecule has 3 heteroatoms. The summed E-state index contributed by atoms with van der Waals surface area (Å²) in [5.74, 6) is 0.696. The molecule has 0 aromatic heterocycles. The monoisotopic (exact) mass is 290 g/mol. The molecule has 1 amide bonds. The van der Waals surface area contributed by atoms with Gasteiger partial charge in [0.25, 0.3) is 0 Å². The van der Waals surface area contributed by atoms with Gasteiger partial charge in [0, 0.05) is 0 Å². The molecule has 0 radical (unpaired) electrons. The van der Waals surface area contributed by atoms with Gasteiger partial charge >= 0.3 is 0 Å². The largest absolute Gasteiger partial charge is 0.348 e. The quantitative estimate of drug-likeness (QED) is 0.808. The summed E-state index contributed by atoms with van der Waals surface area (Å²) in [7, 11) is 0. The maximum atomic E-state index is 12.3. The highest BCUT2D eigenvalue weighted by molar-refractivity contribution is 5.81. The minimum Gasteiger partial charge on any atom is -0.348 e. The first-order chi connectivity index (χ1) is 9.85. The highest BCUT2D eigenvalue weighted by Crippen LogP contribution is 2.22. The Labute approximate surface area is 129 Å². The maximum absolute atomic E-state index is 12.3. The van der Waals surface area contributed by atoms with E-state index in [1.807, 2.05) is 0 Å². The first-order valence-electron chi connectivity index (χ1n) is 7.99. The van der Waals surface area contributed by atoms with Crippen molar-refractivity contribution in [2.24, 2.45) is 17.6 Å². The van der Waals surface area contributed by atoms with E-state index >= 15 is 0 Å². The lowest BCUT2D eigenvalue weighted by molar-refractivity contribution is -0.123. The molecule has 0 spiro atoms. The van der Waals surface area contributed by atoms with Crippen molar-refractivity contribution in [3.8, 4) is 0 Å². The van der Waals surface area contributed by atoms with E-state index in [4.69, 9.17) is 5.73 Å². The van der Waals surface area contributed by atoms with Crippen molar-refractivity contribution < 1.29 is 4.79 Å². The second-order valence-corrected chi connectivity index (χ2v) is 6.56. The Morgan fingerprint density at radius 2 is 1.71 bits per heavy atom. The number of nitrogens with one attached hydrogen (secondary N) is 1. The van der Waals surface area contributed by atoms with Crippen molar-refractivity contribution in [2.75, 3.05) is 0 Å². The fourth-order valence-electron chi connectivity index (χ4n) is 2.47. The van der Waals surface area contributed by atoms with E-state index in [1.54, 1.807) is 0 Å². The molecule has 2 atom stereocenters. The van der Waals surface area contributed by atoms with Crippen molar-refractivity contribution in [1.29, 1.82) is 0 Å². The number of nitrogens with two attached hydrogens (primary N) is 1. The average Bonchev–Trinajstić information content (AvgIpc) is 2.43. The molecule has 1 aromatic rings. The van der Waals surface area contributed by atoms with Crippen molar-refractivity contribution in [2.45, 2.75) is 59.5 Å². The van der Waals surface area contributed by atoms with Gasteiger partial charge in [-0.25, -0.2) is 0 Å². The van der Waals surface area contributed by atoms with Gasteiger partial charge < -0.3 is 11.1 Å². The van der Waals surface area contributed by atoms with Gasteiger partial charge in [-0.2, -0.15) is 0 Å². The number of amides is 1. The zero-order valence-electron chi connectivity index (χ0n) is 14.0. The highest BCUT2D eigenvalue weighted by atomic mass is 16.2. The summed E-state index contributed by atoms with van der Waals surface area (Å²) in [6, 6.07) is 8.06. The number of rotatable bonds is 7. The van der Waals surface area contributed by atoms with Gasteiger partial charge in [0.1, 0.15) is 0 Å². The van der Waals surface area contributed by atoms with Gasteiger partial charge in [-0.1, -0.05) is 58.9 Å². The molecule has 0 saturated carbocycles. The molecule has 118 valence electrons. The molecule has 0 saturated heterocycles. The van der Waals surface area contributed by atoms with Crippen molar-refractivity contribution >= 4 is 5.91 Å². The molecular weight excluding hydrogens is 260 g/mol. The Morgan fingerprint density at radius 1 is 1.14 bits per heavy atom. The smallest absolute Gasteiger partial charge is 0.237 e. The molecule has 21 heavy (non-hydrogen) atoms. The van der Waals surface area contributed by atoms with Gasteiger partial charge in [0.05, 0.1) is 12.1 Å². The fraction of sp³-hybridized carbons (Fsp3) is 0.611. The van der Waals surface area contributed by atoms with E-state index in [2.05, 4.69) is 64.2 Å². The summed E-state index contributed by atoms with van der Waals surface area (Å²) in [4.78, 5) is 12.3. The third-order valence-electron chi connectivity index (χ3n) is 3.77. The molecule has 0 aliphatic carbocycles. The fourth-order valence-corrected chi connectivity index (χ4v) is 2.47. The molecule has 1 rings (SSSR count). The zero-order valence-corrected chi connectivity index (χ0v) is 14.0. The van der Waals surface area contributed by atoms with Crippen LogP contribution in [0, 0.1) is 11.8 Å². The summed E-state index contributed by atoms with van der Waals surface area (Å²) >= 11 is 0. The molecule has 0 heterocycles. The third-order valence-corrected chi connectivity index (χ3v) is 3.77. The van der Waals surface area contributed by atoms with E-state index in [1.165, 1.54) is 5.56 Å². The molecule has 3 N–H and O–H groups in total. The van der Waals surface area contributed by atoms with Crippen LogP contribution in [0.4, 0.5) is 0 Å². The van der Waals surface area contributed by atoms with Crippen LogP contribution in [-0.4, -0.2) is 11.9 Å². The van der Waals surface area contributed by atoms with Crippen molar-refractivity contribution in [3.05, 3.63) is 35.4 Å². The second-order valence-electron chi connectivity index (χ2n) is 6.56. The van der Waals surface area contributed by atoms with Crippen LogP contribution in [0.25, 0.3) is 0 Å². The van der Waals surface area contributed by atoms with Gasteiger partial charge in [0.15, 0.2) is 0 Å². The lowest BCUT2D eigenvalue weighted by atomic mass is 9.94. The number of hydrogen-bond donors (Lipinski definition) is 2. The van der Waals surface area contributed by atoms with Crippen LogP contribution in [0.2, 0.25) is 0 Å². The van der Waals surface area contributed by atoms with E-state index in [0.29, 0.717) is 18.3 Å². The predicted molar refractivity (Wildman–Crippen MR) is 89.0 cm³/mol. The Hall–Kier alpha value is -1.35. The molecule has 0 aliphatic rings. The SMILES string of the molecule is CCc1ccc(C(NC(=O)[C@H](N)CC(C)C)C(C)C)cc1. The van der Waals surface area contributed by atoms with Crippen LogP contribution in [0.5, 0.6) is 0 Å². The van der Waals surface area contributed by atoms with Crippen molar-refractivity contribution in [1.82, 2.24) is 5.32 Å². The zero-order chi connectivity index (χ0) is 16.0. The summed E-state index contributed by atoms with van der Waals surface area (Å²) in [5, 5.41) is 3.11. The average molecular weight is 290 g/mol. The summed E-state index contributed by atoms with van der Waals surface area (Å²) in [5.41, 5.74) is 8.43. The minimum absolute atomic E-state index is 0.0154. The lowest BCUT2D eigenvalue weighted by Crippen LogP contribution is -2.44. The first kappa shape index (κ1) is 17.7. The van der Waals surface area contributed by atoms with Crippen LogP contribution in [0.15, 0.2) is 24.3 Å². The third kappa shape index (κ3) is 5.50. The molecule has 0 fully saturated rings. The number of hydrogen-bond acceptors (Lipinski definition) is 2. The Morgan fingerprint density at radius 3 is 2.14 bits per heavy atom. The van der Waals surface area contributed by atoms with Crippen LogP contribution >= 0.6 is 0 Å². The van der Waals surface area contributed by atoms with Gasteiger partial charge in [-0.15, -0.1) is 0 Å². The van der Waals surface area contributed by atoms with E-state index in [9.17, 15) is 4.79 Å². The Balaban J connectivity index is 2.79. The Kier molecular flexibility index (Phi) is 6.90. The highest BCUT2D eigenvalue weighted by Gasteiger charge is 2.22. The summed E-state index contributed by atoms with van der Waals surface area (Å²) in [6.45, 7) is 10.5. The number of carbonyl (C=O) groups is 1. The number of carbonyl (C=O) groups excluding carboxylic acids is 1. The van der Waals surface area contributed by atoms with Crippen LogP contribution in [0.3, 0.4) is 0 Å². The minimum atomic E-state index is -0.429. The number of benzene rings is 1. The topological polar surface area (TPSA) is 55.1 Å². The second kappa shape index (κ2) is 8.18. The summed E-state index contributed by atoms with van der Waals surface area (Å²) in [6.07, 6.45) is 1.74. The van der Waals surface area contributed by atoms with Crippen LogP contribution in [-0.2, 0) is 11.2 Å². The standard InChI is InChI=1S/C18H30N2O/c1-6-14-7-9-15(10-8-14)17(13(4)5)20-18(21)16(19)11-12(2)3/h7-10,12-13,16-17H,6,11,19H2,1-5H3,(H,20,21)/t16-,17?/m1/s1. The molecular formula is C18H30N2O. The molecule has 3 nitrogen and oxygen atoms in total. The molecule has 0 aliphatic heterocycles. The predicted octanol–water partition coefficient (Wildman–Crippen LogP) is 3.44.